The summed E-state index contributed by atoms with van der Waals surface area (Å²) in [5.74, 6) is 0. The molecule has 0 aliphatic rings. The van der Waals surface area contributed by atoms with Crippen LogP contribution < -0.4 is 0 Å². The second-order valence-corrected chi connectivity index (χ2v) is 4.12. The average Bonchev–Trinajstić information content (AvgIpc) is 2.12. The molecule has 0 heterocycles. The Labute approximate surface area is 76.7 Å². The summed E-state index contributed by atoms with van der Waals surface area (Å²) in [7, 11) is 0.585. The van der Waals surface area contributed by atoms with Gasteiger partial charge < -0.3 is 13.3 Å². The van der Waals surface area contributed by atoms with Crippen molar-refractivity contribution in [1.29, 1.82) is 0 Å². The molecule has 0 radical (unpaired) electrons. The Balaban J connectivity index is 3.43. The Kier molecular flexibility index (Phi) is 7.24. The number of hydrogen-bond acceptors (Lipinski definition) is 3. The zero-order valence-electron chi connectivity index (χ0n) is 7.50. The molecular weight excluding hydrogens is 205 g/mol. The highest BCUT2D eigenvalue weighted by Gasteiger charge is 2.20. The molecule has 0 rings (SSSR count). The third kappa shape index (κ3) is 6.03. The first-order valence-electron chi connectivity index (χ1n) is 3.71. The largest absolute Gasteiger partial charge is 0.483 e. The van der Waals surface area contributed by atoms with Crippen LogP contribution in [0.4, 0.5) is 13.2 Å². The van der Waals surface area contributed by atoms with E-state index in [-0.39, 0.29) is 13.0 Å². The van der Waals surface area contributed by atoms with Crippen LogP contribution in [0.25, 0.3) is 0 Å². The number of rotatable bonds is 7. The highest BCUT2D eigenvalue weighted by atomic mass is 28.3. The molecule has 1 atom stereocenters. The molecular formula is C6H13F3O3Si. The lowest BCUT2D eigenvalue weighted by molar-refractivity contribution is 0.0312. The van der Waals surface area contributed by atoms with Crippen molar-refractivity contribution in [3.05, 3.63) is 0 Å². The predicted octanol–water partition coefficient (Wildman–Crippen LogP) is 1.01. The van der Waals surface area contributed by atoms with Gasteiger partial charge in [-0.25, -0.2) is 13.2 Å². The molecule has 0 N–H and O–H groups in total. The van der Waals surface area contributed by atoms with Crippen molar-refractivity contribution in [3.8, 4) is 0 Å². The predicted molar refractivity (Wildman–Crippen MR) is 42.6 cm³/mol. The maximum atomic E-state index is 12.3. The van der Waals surface area contributed by atoms with Crippen molar-refractivity contribution in [2.75, 3.05) is 20.8 Å². The summed E-state index contributed by atoms with van der Waals surface area (Å²) in [4.78, 5) is 0. The van der Waals surface area contributed by atoms with Crippen LogP contribution in [0, 0.1) is 0 Å². The van der Waals surface area contributed by atoms with Gasteiger partial charge in [-0.05, 0) is 0 Å². The van der Waals surface area contributed by atoms with E-state index in [9.17, 15) is 13.2 Å². The van der Waals surface area contributed by atoms with Crippen molar-refractivity contribution >= 4 is 9.53 Å². The summed E-state index contributed by atoms with van der Waals surface area (Å²) in [6.07, 6.45) is -5.43. The second kappa shape index (κ2) is 7.31. The van der Waals surface area contributed by atoms with Gasteiger partial charge in [-0.3, -0.25) is 0 Å². The summed E-state index contributed by atoms with van der Waals surface area (Å²) in [5, 5.41) is 0. The van der Waals surface area contributed by atoms with Crippen LogP contribution in [0.2, 0.25) is 0 Å². The summed E-state index contributed by atoms with van der Waals surface area (Å²) in [6.45, 7) is -0.107. The Morgan fingerprint density at radius 3 is 2.08 bits per heavy atom. The van der Waals surface area contributed by atoms with Gasteiger partial charge in [0.1, 0.15) is 0 Å². The lowest BCUT2D eigenvalue weighted by Gasteiger charge is -2.12. The van der Waals surface area contributed by atoms with E-state index in [2.05, 4.69) is 0 Å². The first-order valence-corrected chi connectivity index (χ1v) is 5.12. The number of halogens is 3. The van der Waals surface area contributed by atoms with Crippen LogP contribution in [0.3, 0.4) is 0 Å². The van der Waals surface area contributed by atoms with E-state index in [1.807, 2.05) is 0 Å². The Morgan fingerprint density at radius 2 is 1.69 bits per heavy atom. The molecule has 0 aliphatic carbocycles. The smallest absolute Gasteiger partial charge is 0.379 e. The van der Waals surface area contributed by atoms with Gasteiger partial charge in [0.05, 0.1) is 0 Å². The third-order valence-corrected chi connectivity index (χ3v) is 2.58. The molecule has 0 aromatic carbocycles. The Morgan fingerprint density at radius 1 is 1.15 bits per heavy atom. The molecule has 0 amide bonds. The quantitative estimate of drug-likeness (QED) is 0.597. The van der Waals surface area contributed by atoms with E-state index in [1.54, 1.807) is 0 Å². The van der Waals surface area contributed by atoms with Crippen molar-refractivity contribution < 1.29 is 26.4 Å². The average molecular weight is 218 g/mol. The standard InChI is InChI=1S/C6H13F3O3Si/c1-10-13(11-2)12-4-3-5(7)6(8)9/h5-6,13H,3-4H2,1-2H3. The molecule has 7 heteroatoms. The molecule has 0 aliphatic heterocycles. The minimum atomic E-state index is -2.95. The fourth-order valence-electron chi connectivity index (χ4n) is 0.635. The first-order chi connectivity index (χ1) is 6.11. The maximum Gasteiger partial charge on any atom is 0.483 e. The topological polar surface area (TPSA) is 27.7 Å². The summed E-state index contributed by atoms with van der Waals surface area (Å²) >= 11 is 0. The second-order valence-electron chi connectivity index (χ2n) is 2.27. The number of hydrogen-bond donors (Lipinski definition) is 0. The molecule has 1 unspecified atom stereocenters. The minimum Gasteiger partial charge on any atom is -0.379 e. The third-order valence-electron chi connectivity index (χ3n) is 1.31. The van der Waals surface area contributed by atoms with Crippen molar-refractivity contribution in [1.82, 2.24) is 0 Å². The highest BCUT2D eigenvalue weighted by Crippen LogP contribution is 2.09. The van der Waals surface area contributed by atoms with E-state index >= 15 is 0 Å². The van der Waals surface area contributed by atoms with Gasteiger partial charge in [-0.1, -0.05) is 0 Å². The van der Waals surface area contributed by atoms with Gasteiger partial charge in [0, 0.05) is 27.2 Å². The van der Waals surface area contributed by atoms with Gasteiger partial charge in [0.15, 0.2) is 6.17 Å². The summed E-state index contributed by atoms with van der Waals surface area (Å²) in [6, 6.07) is 0. The Bertz CT molecular complexity index is 122. The van der Waals surface area contributed by atoms with E-state index in [0.717, 1.165) is 0 Å². The monoisotopic (exact) mass is 218 g/mol. The van der Waals surface area contributed by atoms with Crippen molar-refractivity contribution in [2.24, 2.45) is 0 Å². The maximum absolute atomic E-state index is 12.3. The van der Waals surface area contributed by atoms with Gasteiger partial charge in [-0.2, -0.15) is 0 Å². The van der Waals surface area contributed by atoms with Gasteiger partial charge in [0.2, 0.25) is 0 Å². The normalized spacial score (nSPS) is 14.1. The molecule has 0 saturated carbocycles. The van der Waals surface area contributed by atoms with E-state index in [0.29, 0.717) is 0 Å². The lowest BCUT2D eigenvalue weighted by Crippen LogP contribution is -2.26. The number of alkyl halides is 3. The molecule has 0 aromatic rings. The van der Waals surface area contributed by atoms with Crippen LogP contribution in [0.5, 0.6) is 0 Å². The summed E-state index contributed by atoms with van der Waals surface area (Å²) < 4.78 is 49.9. The SMILES string of the molecule is CO[SiH](OC)OCCC(F)C(F)F. The van der Waals surface area contributed by atoms with Crippen molar-refractivity contribution in [3.63, 3.8) is 0 Å². The molecule has 0 fully saturated rings. The van der Waals surface area contributed by atoms with Gasteiger partial charge >= 0.3 is 9.53 Å². The molecule has 3 nitrogen and oxygen atoms in total. The van der Waals surface area contributed by atoms with Crippen LogP contribution >= 0.6 is 0 Å². The van der Waals surface area contributed by atoms with Crippen LogP contribution in [-0.2, 0) is 13.3 Å². The van der Waals surface area contributed by atoms with E-state index in [4.69, 9.17) is 13.3 Å². The van der Waals surface area contributed by atoms with Crippen LogP contribution in [0.1, 0.15) is 6.42 Å². The molecule has 13 heavy (non-hydrogen) atoms. The molecule has 0 saturated heterocycles. The fraction of sp³-hybridized carbons (Fsp3) is 1.00. The van der Waals surface area contributed by atoms with E-state index in [1.165, 1.54) is 14.2 Å². The highest BCUT2D eigenvalue weighted by molar-refractivity contribution is 6.36. The zero-order chi connectivity index (χ0) is 10.3. The zero-order valence-corrected chi connectivity index (χ0v) is 8.66. The van der Waals surface area contributed by atoms with E-state index < -0.39 is 22.1 Å². The fourth-order valence-corrected chi connectivity index (χ4v) is 1.43. The van der Waals surface area contributed by atoms with Gasteiger partial charge in [-0.15, -0.1) is 0 Å². The first kappa shape index (κ1) is 12.9. The van der Waals surface area contributed by atoms with Crippen LogP contribution in [-0.4, -0.2) is 43.0 Å². The molecule has 80 valence electrons. The van der Waals surface area contributed by atoms with Gasteiger partial charge in [0.25, 0.3) is 6.43 Å². The molecule has 0 aromatic heterocycles. The minimum absolute atomic E-state index is 0.107. The molecule has 0 spiro atoms. The van der Waals surface area contributed by atoms with Crippen molar-refractivity contribution in [2.45, 2.75) is 19.0 Å². The lowest BCUT2D eigenvalue weighted by atomic mass is 10.3. The molecule has 0 bridgehead atoms. The summed E-state index contributed by atoms with van der Waals surface area (Å²) in [5.41, 5.74) is 0. The Hall–Kier alpha value is -0.113. The van der Waals surface area contributed by atoms with Crippen LogP contribution in [0.15, 0.2) is 0 Å².